The molecule has 128 valence electrons. The maximum absolute atomic E-state index is 12.2. The highest BCUT2D eigenvalue weighted by atomic mass is 32.2. The van der Waals surface area contributed by atoms with Crippen LogP contribution in [0.25, 0.3) is 10.8 Å². The van der Waals surface area contributed by atoms with Gasteiger partial charge < -0.3 is 4.90 Å². The summed E-state index contributed by atoms with van der Waals surface area (Å²) in [6.07, 6.45) is 1.73. The van der Waals surface area contributed by atoms with Gasteiger partial charge in [-0.25, -0.2) is 0 Å². The van der Waals surface area contributed by atoms with E-state index in [4.69, 9.17) is 0 Å². The third kappa shape index (κ3) is 3.02. The molecular formula is C23H19NOS. The summed E-state index contributed by atoms with van der Waals surface area (Å²) in [7, 11) is -1.03. The van der Waals surface area contributed by atoms with Crippen molar-refractivity contribution in [3.63, 3.8) is 0 Å². The van der Waals surface area contributed by atoms with Crippen molar-refractivity contribution < 1.29 is 4.21 Å². The Morgan fingerprint density at radius 2 is 1.12 bits per heavy atom. The first-order valence-electron chi connectivity index (χ1n) is 8.51. The normalized spacial score (nSPS) is 12.0. The molecule has 2 nitrogen and oxygen atoms in total. The summed E-state index contributed by atoms with van der Waals surface area (Å²) in [6.45, 7) is 0. The van der Waals surface area contributed by atoms with Gasteiger partial charge in [0.05, 0.1) is 16.5 Å². The Kier molecular flexibility index (Phi) is 4.55. The van der Waals surface area contributed by atoms with Gasteiger partial charge in [-0.05, 0) is 41.8 Å². The molecule has 0 amide bonds. The van der Waals surface area contributed by atoms with Gasteiger partial charge in [-0.1, -0.05) is 60.7 Å². The van der Waals surface area contributed by atoms with E-state index in [1.165, 1.54) is 0 Å². The van der Waals surface area contributed by atoms with E-state index in [-0.39, 0.29) is 0 Å². The lowest BCUT2D eigenvalue weighted by molar-refractivity contribution is 0.687. The monoisotopic (exact) mass is 357 g/mol. The Morgan fingerprint density at radius 3 is 1.65 bits per heavy atom. The summed E-state index contributed by atoms with van der Waals surface area (Å²) in [5.41, 5.74) is 3.26. The average Bonchev–Trinajstić information content (AvgIpc) is 2.70. The van der Waals surface area contributed by atoms with Gasteiger partial charge in [0.2, 0.25) is 0 Å². The van der Waals surface area contributed by atoms with E-state index in [1.807, 2.05) is 60.7 Å². The van der Waals surface area contributed by atoms with E-state index in [2.05, 4.69) is 41.3 Å². The van der Waals surface area contributed by atoms with Crippen LogP contribution in [0.3, 0.4) is 0 Å². The second kappa shape index (κ2) is 7.14. The second-order valence-electron chi connectivity index (χ2n) is 6.09. The minimum Gasteiger partial charge on any atom is -0.310 e. The zero-order valence-corrected chi connectivity index (χ0v) is 15.3. The Hall–Kier alpha value is -2.91. The minimum atomic E-state index is -1.03. The van der Waals surface area contributed by atoms with Crippen molar-refractivity contribution in [2.75, 3.05) is 11.2 Å². The van der Waals surface area contributed by atoms with Crippen LogP contribution in [0.2, 0.25) is 0 Å². The zero-order chi connectivity index (χ0) is 17.9. The van der Waals surface area contributed by atoms with Gasteiger partial charge in [-0.2, -0.15) is 0 Å². The van der Waals surface area contributed by atoms with Crippen LogP contribution >= 0.6 is 0 Å². The Morgan fingerprint density at radius 1 is 0.615 bits per heavy atom. The SMILES string of the molecule is CS(=O)c1ccc(N(c2ccccc2)c2ccccc2)c2ccccc12. The molecule has 0 bridgehead atoms. The number of nitrogens with zero attached hydrogens (tertiary/aromatic N) is 1. The molecule has 0 aliphatic rings. The highest BCUT2D eigenvalue weighted by Crippen LogP contribution is 2.39. The van der Waals surface area contributed by atoms with Gasteiger partial charge >= 0.3 is 0 Å². The lowest BCUT2D eigenvalue weighted by Gasteiger charge is -2.27. The smallest absolute Gasteiger partial charge is 0.0540 e. The van der Waals surface area contributed by atoms with Crippen LogP contribution in [-0.2, 0) is 10.8 Å². The van der Waals surface area contributed by atoms with Crippen molar-refractivity contribution in [3.05, 3.63) is 97.1 Å². The van der Waals surface area contributed by atoms with Crippen molar-refractivity contribution in [2.24, 2.45) is 0 Å². The molecule has 0 fully saturated rings. The van der Waals surface area contributed by atoms with Crippen molar-refractivity contribution in [3.8, 4) is 0 Å². The predicted molar refractivity (Wildman–Crippen MR) is 111 cm³/mol. The maximum Gasteiger partial charge on any atom is 0.0540 e. The van der Waals surface area contributed by atoms with Crippen LogP contribution in [-0.4, -0.2) is 10.5 Å². The van der Waals surface area contributed by atoms with Crippen molar-refractivity contribution in [1.29, 1.82) is 0 Å². The average molecular weight is 357 g/mol. The fraction of sp³-hybridized carbons (Fsp3) is 0.0435. The second-order valence-corrected chi connectivity index (χ2v) is 7.44. The van der Waals surface area contributed by atoms with E-state index in [9.17, 15) is 4.21 Å². The summed E-state index contributed by atoms with van der Waals surface area (Å²) in [5.74, 6) is 0. The fourth-order valence-corrected chi connectivity index (χ4v) is 4.03. The van der Waals surface area contributed by atoms with Crippen molar-refractivity contribution in [2.45, 2.75) is 4.90 Å². The number of benzene rings is 4. The van der Waals surface area contributed by atoms with Gasteiger partial charge in [0, 0.05) is 27.9 Å². The molecule has 0 saturated heterocycles. The number of rotatable bonds is 4. The van der Waals surface area contributed by atoms with Crippen molar-refractivity contribution in [1.82, 2.24) is 0 Å². The molecule has 4 rings (SSSR count). The van der Waals surface area contributed by atoms with E-state index in [0.717, 1.165) is 32.7 Å². The van der Waals surface area contributed by atoms with E-state index in [1.54, 1.807) is 6.26 Å². The molecule has 0 spiro atoms. The van der Waals surface area contributed by atoms with Gasteiger partial charge in [0.15, 0.2) is 0 Å². The fourth-order valence-electron chi connectivity index (χ4n) is 3.28. The Labute approximate surface area is 156 Å². The van der Waals surface area contributed by atoms with Crippen LogP contribution in [0.1, 0.15) is 0 Å². The number of para-hydroxylation sites is 2. The molecule has 0 aliphatic carbocycles. The van der Waals surface area contributed by atoms with E-state index in [0.29, 0.717) is 0 Å². The minimum absolute atomic E-state index is 0.866. The molecule has 0 saturated carbocycles. The predicted octanol–water partition coefficient (Wildman–Crippen LogP) is 6.05. The molecule has 0 aromatic heterocycles. The number of hydrogen-bond acceptors (Lipinski definition) is 2. The zero-order valence-electron chi connectivity index (χ0n) is 14.5. The molecule has 0 radical (unpaired) electrons. The van der Waals surface area contributed by atoms with Gasteiger partial charge in [-0.3, -0.25) is 4.21 Å². The standard InChI is InChI=1S/C23H19NOS/c1-26(25)23-17-16-22(20-14-8-9-15-21(20)23)24(18-10-4-2-5-11-18)19-12-6-3-7-13-19/h2-17H,1H3. The lowest BCUT2D eigenvalue weighted by Crippen LogP contribution is -2.10. The third-order valence-corrected chi connectivity index (χ3v) is 5.42. The Bertz CT molecular complexity index is 1020. The lowest BCUT2D eigenvalue weighted by atomic mass is 10.1. The quantitative estimate of drug-likeness (QED) is 0.443. The molecule has 26 heavy (non-hydrogen) atoms. The highest BCUT2D eigenvalue weighted by molar-refractivity contribution is 7.84. The molecule has 4 aromatic carbocycles. The molecule has 3 heteroatoms. The van der Waals surface area contributed by atoms with Gasteiger partial charge in [0.1, 0.15) is 0 Å². The molecular weight excluding hydrogens is 338 g/mol. The maximum atomic E-state index is 12.2. The first-order valence-corrected chi connectivity index (χ1v) is 10.1. The first kappa shape index (κ1) is 16.6. The van der Waals surface area contributed by atoms with Crippen LogP contribution in [0.15, 0.2) is 102 Å². The summed E-state index contributed by atoms with van der Waals surface area (Å²) < 4.78 is 12.2. The molecule has 0 aliphatic heterocycles. The summed E-state index contributed by atoms with van der Waals surface area (Å²) in [4.78, 5) is 3.11. The van der Waals surface area contributed by atoms with Crippen LogP contribution in [0.5, 0.6) is 0 Å². The number of fused-ring (bicyclic) bond motifs is 1. The summed E-state index contributed by atoms with van der Waals surface area (Å²) in [5, 5.41) is 2.12. The van der Waals surface area contributed by atoms with Crippen LogP contribution in [0, 0.1) is 0 Å². The molecule has 1 unspecified atom stereocenters. The van der Waals surface area contributed by atoms with Gasteiger partial charge in [0.25, 0.3) is 0 Å². The molecule has 0 heterocycles. The number of anilines is 3. The number of hydrogen-bond donors (Lipinski definition) is 0. The molecule has 1 atom stereocenters. The molecule has 4 aromatic rings. The largest absolute Gasteiger partial charge is 0.310 e. The van der Waals surface area contributed by atoms with Crippen molar-refractivity contribution >= 4 is 38.6 Å². The molecule has 0 N–H and O–H groups in total. The summed E-state index contributed by atoms with van der Waals surface area (Å²) in [6, 6.07) is 32.9. The van der Waals surface area contributed by atoms with Crippen LogP contribution in [0.4, 0.5) is 17.1 Å². The van der Waals surface area contributed by atoms with E-state index < -0.39 is 10.8 Å². The van der Waals surface area contributed by atoms with Gasteiger partial charge in [-0.15, -0.1) is 0 Å². The third-order valence-electron chi connectivity index (χ3n) is 4.44. The first-order chi connectivity index (χ1) is 12.8. The van der Waals surface area contributed by atoms with Crippen LogP contribution < -0.4 is 4.90 Å². The highest BCUT2D eigenvalue weighted by Gasteiger charge is 2.16. The summed E-state index contributed by atoms with van der Waals surface area (Å²) >= 11 is 0. The van der Waals surface area contributed by atoms with E-state index >= 15 is 0 Å². The topological polar surface area (TPSA) is 20.3 Å². The Balaban J connectivity index is 2.01.